The van der Waals surface area contributed by atoms with Gasteiger partial charge in [-0.15, -0.1) is 0 Å². The van der Waals surface area contributed by atoms with E-state index in [1.54, 1.807) is 0 Å². The summed E-state index contributed by atoms with van der Waals surface area (Å²) in [5, 5.41) is 0. The fraction of sp³-hybridized carbons (Fsp3) is 0.348. The summed E-state index contributed by atoms with van der Waals surface area (Å²) in [6.45, 7) is 6.63. The average molecular weight is 416 g/mol. The number of fused-ring (bicyclic) bond motifs is 1. The van der Waals surface area contributed by atoms with E-state index >= 15 is 0 Å². The highest BCUT2D eigenvalue weighted by Gasteiger charge is 2.32. The second kappa shape index (κ2) is 8.14. The quantitative estimate of drug-likeness (QED) is 0.681. The van der Waals surface area contributed by atoms with E-state index in [0.29, 0.717) is 24.1 Å². The zero-order valence-electron chi connectivity index (χ0n) is 16.5. The molecule has 1 unspecified atom stereocenters. The number of benzene rings is 2. The minimum absolute atomic E-state index is 0.0258. The highest BCUT2D eigenvalue weighted by Crippen LogP contribution is 2.35. The van der Waals surface area contributed by atoms with Crippen molar-refractivity contribution in [1.29, 1.82) is 0 Å². The number of amides is 1. The molecule has 0 radical (unpaired) electrons. The van der Waals surface area contributed by atoms with Crippen molar-refractivity contribution in [2.24, 2.45) is 0 Å². The second-order valence-electron chi connectivity index (χ2n) is 7.67. The van der Waals surface area contributed by atoms with Crippen LogP contribution in [0.5, 0.6) is 11.5 Å². The zero-order valence-corrected chi connectivity index (χ0v) is 16.5. The average Bonchev–Trinajstić information content (AvgIpc) is 3.23. The van der Waals surface area contributed by atoms with Crippen LogP contribution in [-0.2, 0) is 23.9 Å². The minimum Gasteiger partial charge on any atom is -0.457 e. The van der Waals surface area contributed by atoms with E-state index < -0.39 is 11.7 Å². The monoisotopic (exact) mass is 416 g/mol. The van der Waals surface area contributed by atoms with Gasteiger partial charge in [-0.1, -0.05) is 18.7 Å². The van der Waals surface area contributed by atoms with Gasteiger partial charge in [0.1, 0.15) is 11.5 Å². The normalized spacial score (nSPS) is 19.4. The number of ether oxygens (including phenoxy) is 1. The largest absolute Gasteiger partial charge is 0.457 e. The highest BCUT2D eigenvalue weighted by molar-refractivity contribution is 5.87. The van der Waals surface area contributed by atoms with Crippen LogP contribution in [0.2, 0.25) is 0 Å². The Hall–Kier alpha value is -2.80. The first-order valence-corrected chi connectivity index (χ1v) is 9.96. The Bertz CT molecular complexity index is 940. The van der Waals surface area contributed by atoms with Crippen molar-refractivity contribution in [3.63, 3.8) is 0 Å². The molecule has 158 valence electrons. The van der Waals surface area contributed by atoms with Gasteiger partial charge >= 0.3 is 6.18 Å². The van der Waals surface area contributed by atoms with Crippen molar-refractivity contribution in [3.05, 3.63) is 71.8 Å². The van der Waals surface area contributed by atoms with Gasteiger partial charge in [0.2, 0.25) is 5.91 Å². The molecule has 1 saturated heterocycles. The summed E-state index contributed by atoms with van der Waals surface area (Å²) in [4.78, 5) is 16.1. The molecule has 0 N–H and O–H groups in total. The maximum Gasteiger partial charge on any atom is 0.416 e. The van der Waals surface area contributed by atoms with Gasteiger partial charge in [-0.3, -0.25) is 9.69 Å². The number of likely N-dealkylation sites (tertiary alicyclic amines) is 1. The summed E-state index contributed by atoms with van der Waals surface area (Å²) in [6.07, 6.45) is -1.27. The molecule has 1 atom stereocenters. The molecule has 2 aromatic rings. The lowest BCUT2D eigenvalue weighted by Crippen LogP contribution is -2.41. The van der Waals surface area contributed by atoms with Crippen molar-refractivity contribution < 1.29 is 22.7 Å². The number of nitrogens with zero attached hydrogens (tertiary/aromatic N) is 2. The van der Waals surface area contributed by atoms with Crippen LogP contribution in [0, 0.1) is 0 Å². The zero-order chi connectivity index (χ0) is 21.3. The standard InChI is InChI=1S/C23H23F3N2O2/c1-2-22(29)28-12-10-18(15-28)27-13-11-20-16(14-27)4-3-5-21(20)30-19-8-6-17(7-9-19)23(24,25)26/h2-9,18H,1,10-15H2. The van der Waals surface area contributed by atoms with E-state index in [4.69, 9.17) is 4.74 Å². The van der Waals surface area contributed by atoms with Crippen molar-refractivity contribution in [2.45, 2.75) is 31.6 Å². The Morgan fingerprint density at radius 1 is 1.13 bits per heavy atom. The number of carbonyl (C=O) groups excluding carboxylic acids is 1. The number of carbonyl (C=O) groups is 1. The van der Waals surface area contributed by atoms with Gasteiger partial charge in [-0.05, 0) is 54.8 Å². The summed E-state index contributed by atoms with van der Waals surface area (Å²) in [5.41, 5.74) is 1.55. The lowest BCUT2D eigenvalue weighted by atomic mass is 9.97. The van der Waals surface area contributed by atoms with E-state index in [1.807, 2.05) is 17.0 Å². The first-order chi connectivity index (χ1) is 14.3. The van der Waals surface area contributed by atoms with Crippen molar-refractivity contribution in [1.82, 2.24) is 9.80 Å². The van der Waals surface area contributed by atoms with Gasteiger partial charge in [0.25, 0.3) is 0 Å². The maximum atomic E-state index is 12.8. The third-order valence-corrected chi connectivity index (χ3v) is 5.83. The molecule has 0 bridgehead atoms. The molecule has 4 nitrogen and oxygen atoms in total. The molecule has 2 aromatic carbocycles. The summed E-state index contributed by atoms with van der Waals surface area (Å²) >= 11 is 0. The van der Waals surface area contributed by atoms with Crippen LogP contribution in [0.3, 0.4) is 0 Å². The molecule has 0 aromatic heterocycles. The Morgan fingerprint density at radius 2 is 1.90 bits per heavy atom. The summed E-state index contributed by atoms with van der Waals surface area (Å²) in [5.74, 6) is 1.04. The van der Waals surface area contributed by atoms with E-state index in [1.165, 1.54) is 18.2 Å². The van der Waals surface area contributed by atoms with Crippen LogP contribution in [0.4, 0.5) is 13.2 Å². The molecule has 2 aliphatic rings. The number of rotatable bonds is 4. The molecule has 0 spiro atoms. The summed E-state index contributed by atoms with van der Waals surface area (Å²) in [6, 6.07) is 10.9. The molecule has 4 rings (SSSR count). The molecular formula is C23H23F3N2O2. The molecule has 0 saturated carbocycles. The van der Waals surface area contributed by atoms with Gasteiger partial charge in [0.05, 0.1) is 5.56 Å². The number of alkyl halides is 3. The summed E-state index contributed by atoms with van der Waals surface area (Å²) < 4.78 is 44.2. The van der Waals surface area contributed by atoms with Gasteiger partial charge < -0.3 is 9.64 Å². The van der Waals surface area contributed by atoms with Crippen LogP contribution in [0.1, 0.15) is 23.1 Å². The molecule has 2 aliphatic heterocycles. The molecular weight excluding hydrogens is 393 g/mol. The topological polar surface area (TPSA) is 32.8 Å². The lowest BCUT2D eigenvalue weighted by Gasteiger charge is -2.34. The predicted molar refractivity (Wildman–Crippen MR) is 107 cm³/mol. The van der Waals surface area contributed by atoms with Crippen molar-refractivity contribution >= 4 is 5.91 Å². The first kappa shape index (κ1) is 20.5. The predicted octanol–water partition coefficient (Wildman–Crippen LogP) is 4.64. The van der Waals surface area contributed by atoms with E-state index in [-0.39, 0.29) is 5.91 Å². The number of hydrogen-bond acceptors (Lipinski definition) is 3. The smallest absolute Gasteiger partial charge is 0.416 e. The lowest BCUT2D eigenvalue weighted by molar-refractivity contribution is -0.137. The van der Waals surface area contributed by atoms with Crippen molar-refractivity contribution in [2.75, 3.05) is 19.6 Å². The minimum atomic E-state index is -4.36. The molecule has 7 heteroatoms. The molecule has 2 heterocycles. The molecule has 1 amide bonds. The van der Waals surface area contributed by atoms with Crippen LogP contribution in [0.25, 0.3) is 0 Å². The van der Waals surface area contributed by atoms with Crippen LogP contribution < -0.4 is 4.74 Å². The Balaban J connectivity index is 1.45. The Morgan fingerprint density at radius 3 is 2.60 bits per heavy atom. The van der Waals surface area contributed by atoms with E-state index in [2.05, 4.69) is 17.5 Å². The van der Waals surface area contributed by atoms with Crippen molar-refractivity contribution in [3.8, 4) is 11.5 Å². The number of hydrogen-bond donors (Lipinski definition) is 0. The van der Waals surface area contributed by atoms with E-state index in [9.17, 15) is 18.0 Å². The second-order valence-corrected chi connectivity index (χ2v) is 7.67. The SMILES string of the molecule is C=CC(=O)N1CCC(N2CCc3c(cccc3Oc3ccc(C(F)(F)F)cc3)C2)C1. The Kier molecular flexibility index (Phi) is 5.56. The fourth-order valence-electron chi connectivity index (χ4n) is 4.21. The number of halogens is 3. The molecule has 1 fully saturated rings. The van der Waals surface area contributed by atoms with Gasteiger partial charge in [-0.2, -0.15) is 13.2 Å². The Labute approximate surface area is 173 Å². The van der Waals surface area contributed by atoms with Gasteiger partial charge in [0, 0.05) is 37.8 Å². The van der Waals surface area contributed by atoms with Crippen LogP contribution >= 0.6 is 0 Å². The van der Waals surface area contributed by atoms with Gasteiger partial charge in [0.15, 0.2) is 0 Å². The third-order valence-electron chi connectivity index (χ3n) is 5.83. The fourth-order valence-corrected chi connectivity index (χ4v) is 4.21. The van der Waals surface area contributed by atoms with Gasteiger partial charge in [-0.25, -0.2) is 0 Å². The van der Waals surface area contributed by atoms with Crippen LogP contribution in [-0.4, -0.2) is 41.4 Å². The summed E-state index contributed by atoms with van der Waals surface area (Å²) in [7, 11) is 0. The molecule has 30 heavy (non-hydrogen) atoms. The molecule has 0 aliphatic carbocycles. The van der Waals surface area contributed by atoms with E-state index in [0.717, 1.165) is 55.7 Å². The third kappa shape index (κ3) is 4.21. The first-order valence-electron chi connectivity index (χ1n) is 9.96. The maximum absolute atomic E-state index is 12.8. The van der Waals surface area contributed by atoms with Crippen LogP contribution in [0.15, 0.2) is 55.1 Å². The highest BCUT2D eigenvalue weighted by atomic mass is 19.4.